The maximum absolute atomic E-state index is 10.9. The lowest BCUT2D eigenvalue weighted by Gasteiger charge is -2.27. The average Bonchev–Trinajstić information content (AvgIpc) is 2.74. The molecule has 30 heavy (non-hydrogen) atoms. The van der Waals surface area contributed by atoms with Gasteiger partial charge in [0.2, 0.25) is 0 Å². The van der Waals surface area contributed by atoms with Crippen LogP contribution in [0.25, 0.3) is 0 Å². The third-order valence-corrected chi connectivity index (χ3v) is 5.86. The lowest BCUT2D eigenvalue weighted by atomic mass is 10.0. The summed E-state index contributed by atoms with van der Waals surface area (Å²) in [4.78, 5) is 16.1. The fraction of sp³-hybridized carbons (Fsp3) is 0.960. The molecule has 0 aromatic carbocycles. The number of nitrogens with zero attached hydrogens (tertiary/aromatic N) is 2. The summed E-state index contributed by atoms with van der Waals surface area (Å²) in [5.41, 5.74) is 0. The third kappa shape index (κ3) is 18.0. The summed E-state index contributed by atoms with van der Waals surface area (Å²) < 4.78 is 4.98. The van der Waals surface area contributed by atoms with Crippen molar-refractivity contribution in [2.45, 2.75) is 105 Å². The molecule has 0 aliphatic heterocycles. The Kier molecular flexibility index (Phi) is 20.8. The van der Waals surface area contributed by atoms with Crippen LogP contribution in [-0.4, -0.2) is 66.9 Å². The van der Waals surface area contributed by atoms with Crippen LogP contribution in [0.2, 0.25) is 0 Å². The first-order valence-corrected chi connectivity index (χ1v) is 12.9. The molecule has 0 heterocycles. The molecule has 0 aromatic rings. The predicted octanol–water partition coefficient (Wildman–Crippen LogP) is 6.66. The molecule has 1 atom stereocenters. The van der Waals surface area contributed by atoms with E-state index in [2.05, 4.69) is 37.5 Å². The van der Waals surface area contributed by atoms with Crippen LogP contribution >= 0.6 is 0 Å². The molecule has 1 N–H and O–H groups in total. The Labute approximate surface area is 187 Å². The van der Waals surface area contributed by atoms with Gasteiger partial charge in [-0.2, -0.15) is 0 Å². The first-order chi connectivity index (χ1) is 14.6. The maximum atomic E-state index is 10.9. The van der Waals surface area contributed by atoms with Gasteiger partial charge in [-0.1, -0.05) is 66.2 Å². The fourth-order valence-corrected chi connectivity index (χ4v) is 3.88. The van der Waals surface area contributed by atoms with Crippen LogP contribution in [0.15, 0.2) is 0 Å². The molecule has 5 nitrogen and oxygen atoms in total. The zero-order valence-corrected chi connectivity index (χ0v) is 20.7. The van der Waals surface area contributed by atoms with E-state index in [9.17, 15) is 4.79 Å². The molecule has 0 amide bonds. The van der Waals surface area contributed by atoms with E-state index in [1.54, 1.807) is 0 Å². The number of carbonyl (C=O) groups is 1. The fourth-order valence-electron chi connectivity index (χ4n) is 3.88. The molecular formula is C25H52N2O3. The number of hydrogen-bond acceptors (Lipinski definition) is 4. The summed E-state index contributed by atoms with van der Waals surface area (Å²) in [6.07, 6.45) is 13.5. The van der Waals surface area contributed by atoms with Gasteiger partial charge in [-0.25, -0.2) is 4.79 Å². The molecule has 0 bridgehead atoms. The van der Waals surface area contributed by atoms with Crippen molar-refractivity contribution < 1.29 is 14.6 Å². The summed E-state index contributed by atoms with van der Waals surface area (Å²) in [5, 5.41) is 8.95. The predicted molar refractivity (Wildman–Crippen MR) is 128 cm³/mol. The monoisotopic (exact) mass is 428 g/mol. The lowest BCUT2D eigenvalue weighted by molar-refractivity contribution is 0.0656. The summed E-state index contributed by atoms with van der Waals surface area (Å²) in [6, 6.07) is 0. The van der Waals surface area contributed by atoms with E-state index in [1.807, 2.05) is 0 Å². The Hall–Kier alpha value is -0.810. The number of rotatable bonds is 22. The van der Waals surface area contributed by atoms with Crippen molar-refractivity contribution in [1.29, 1.82) is 0 Å². The van der Waals surface area contributed by atoms with Crippen LogP contribution in [0.1, 0.15) is 105 Å². The van der Waals surface area contributed by atoms with Crippen molar-refractivity contribution in [2.75, 3.05) is 45.9 Å². The second-order valence-corrected chi connectivity index (χ2v) is 8.85. The third-order valence-electron chi connectivity index (χ3n) is 5.86. The molecule has 0 aliphatic carbocycles. The highest BCUT2D eigenvalue weighted by atomic mass is 16.7. The maximum Gasteiger partial charge on any atom is 0.505 e. The molecule has 0 saturated carbocycles. The van der Waals surface area contributed by atoms with E-state index in [4.69, 9.17) is 9.84 Å². The van der Waals surface area contributed by atoms with Gasteiger partial charge in [-0.3, -0.25) is 0 Å². The molecule has 0 radical (unpaired) electrons. The second-order valence-electron chi connectivity index (χ2n) is 8.85. The minimum Gasteiger partial charge on any atom is -0.450 e. The minimum absolute atomic E-state index is 0.311. The summed E-state index contributed by atoms with van der Waals surface area (Å²) in [7, 11) is 0. The van der Waals surface area contributed by atoms with Gasteiger partial charge in [0.05, 0.1) is 6.61 Å². The molecular weight excluding hydrogens is 376 g/mol. The number of hydrogen-bond donors (Lipinski definition) is 1. The van der Waals surface area contributed by atoms with Crippen LogP contribution in [0.3, 0.4) is 0 Å². The van der Waals surface area contributed by atoms with Crippen LogP contribution in [-0.2, 0) is 4.74 Å². The van der Waals surface area contributed by atoms with Crippen molar-refractivity contribution in [3.05, 3.63) is 0 Å². The van der Waals surface area contributed by atoms with Gasteiger partial charge in [0.15, 0.2) is 0 Å². The van der Waals surface area contributed by atoms with E-state index in [1.165, 1.54) is 90.3 Å². The summed E-state index contributed by atoms with van der Waals surface area (Å²) >= 11 is 0. The van der Waals surface area contributed by atoms with Gasteiger partial charge in [0, 0.05) is 12.5 Å². The lowest BCUT2D eigenvalue weighted by Crippen LogP contribution is -2.33. The highest BCUT2D eigenvalue weighted by molar-refractivity contribution is 5.56. The van der Waals surface area contributed by atoms with Crippen molar-refractivity contribution in [3.63, 3.8) is 0 Å². The van der Waals surface area contributed by atoms with E-state index >= 15 is 0 Å². The molecule has 0 fully saturated rings. The topological polar surface area (TPSA) is 53.0 Å². The van der Waals surface area contributed by atoms with Crippen molar-refractivity contribution in [2.24, 2.45) is 5.92 Å². The van der Waals surface area contributed by atoms with E-state index in [0.717, 1.165) is 26.1 Å². The number of carboxylic acid groups (broad SMARTS) is 1. The Balaban J connectivity index is 4.42. The molecule has 180 valence electrons. The van der Waals surface area contributed by atoms with Crippen LogP contribution in [0, 0.1) is 5.92 Å². The van der Waals surface area contributed by atoms with Gasteiger partial charge in [-0.05, 0) is 71.2 Å². The number of unbranched alkanes of at least 4 members (excludes halogenated alkanes) is 6. The number of ether oxygens (including phenoxy) is 1. The first kappa shape index (κ1) is 29.2. The van der Waals surface area contributed by atoms with Gasteiger partial charge in [0.25, 0.3) is 0 Å². The molecule has 5 heteroatoms. The molecule has 0 aromatic heterocycles. The Morgan fingerprint density at radius 2 is 1.17 bits per heavy atom. The molecule has 0 spiro atoms. The Morgan fingerprint density at radius 3 is 1.63 bits per heavy atom. The zero-order chi connectivity index (χ0) is 22.5. The smallest absolute Gasteiger partial charge is 0.450 e. The molecule has 0 rings (SSSR count). The summed E-state index contributed by atoms with van der Waals surface area (Å²) in [6.45, 7) is 16.2. The molecule has 0 aliphatic rings. The molecule has 1 unspecified atom stereocenters. The van der Waals surface area contributed by atoms with E-state index < -0.39 is 6.16 Å². The van der Waals surface area contributed by atoms with Crippen LogP contribution < -0.4 is 0 Å². The zero-order valence-electron chi connectivity index (χ0n) is 20.7. The SMILES string of the molecule is CCCCN(CCCC)CCCCCC(COC(=O)O)CN(CCCC)CCCC. The van der Waals surface area contributed by atoms with Gasteiger partial charge >= 0.3 is 6.16 Å². The first-order valence-electron chi connectivity index (χ1n) is 12.9. The van der Waals surface area contributed by atoms with Crippen LogP contribution in [0.5, 0.6) is 0 Å². The van der Waals surface area contributed by atoms with Crippen molar-refractivity contribution in [3.8, 4) is 0 Å². The average molecular weight is 429 g/mol. The quantitative estimate of drug-likeness (QED) is 0.154. The van der Waals surface area contributed by atoms with Gasteiger partial charge < -0.3 is 19.6 Å². The largest absolute Gasteiger partial charge is 0.505 e. The second kappa shape index (κ2) is 21.4. The Morgan fingerprint density at radius 1 is 0.700 bits per heavy atom. The van der Waals surface area contributed by atoms with Gasteiger partial charge in [-0.15, -0.1) is 0 Å². The summed E-state index contributed by atoms with van der Waals surface area (Å²) in [5.74, 6) is 0.311. The highest BCUT2D eigenvalue weighted by Gasteiger charge is 2.16. The normalized spacial score (nSPS) is 12.6. The van der Waals surface area contributed by atoms with Crippen molar-refractivity contribution in [1.82, 2.24) is 9.80 Å². The van der Waals surface area contributed by atoms with E-state index in [0.29, 0.717) is 12.5 Å². The van der Waals surface area contributed by atoms with E-state index in [-0.39, 0.29) is 0 Å². The Bertz CT molecular complexity index is 363. The van der Waals surface area contributed by atoms with Crippen LogP contribution in [0.4, 0.5) is 4.79 Å². The van der Waals surface area contributed by atoms with Gasteiger partial charge in [0.1, 0.15) is 0 Å². The minimum atomic E-state index is -1.14. The van der Waals surface area contributed by atoms with Crippen molar-refractivity contribution >= 4 is 6.16 Å². The standard InChI is InChI=1S/C25H52N2O3/c1-5-9-17-26(18-10-6-2)21-15-13-14-16-24(23-30-25(28)29)22-27(19-11-7-3)20-12-8-4/h24H,5-23H2,1-4H3,(H,28,29). The highest BCUT2D eigenvalue weighted by Crippen LogP contribution is 2.15. The molecule has 0 saturated heterocycles.